The molecule has 1 aromatic rings. The van der Waals surface area contributed by atoms with E-state index in [0.29, 0.717) is 30.6 Å². The Morgan fingerprint density at radius 3 is 2.64 bits per heavy atom. The number of nitrogens with two attached hydrogens (primary N) is 1. The predicted molar refractivity (Wildman–Crippen MR) is 92.0 cm³/mol. The fourth-order valence-corrected chi connectivity index (χ4v) is 2.86. The summed E-state index contributed by atoms with van der Waals surface area (Å²) in [6, 6.07) is 6.45. The van der Waals surface area contributed by atoms with Gasteiger partial charge in [0.05, 0.1) is 5.75 Å². The van der Waals surface area contributed by atoms with Gasteiger partial charge >= 0.3 is 0 Å². The maximum absolute atomic E-state index is 11.9. The van der Waals surface area contributed by atoms with E-state index in [0.717, 1.165) is 0 Å². The van der Waals surface area contributed by atoms with E-state index in [2.05, 4.69) is 10.0 Å². The topological polar surface area (TPSA) is 101 Å². The molecule has 1 atom stereocenters. The Balaban J connectivity index is 0.00000441. The largest absolute Gasteiger partial charge is 0.352 e. The molecule has 0 aromatic heterocycles. The molecule has 1 unspecified atom stereocenters. The average Bonchev–Trinajstić information content (AvgIpc) is 2.37. The summed E-state index contributed by atoms with van der Waals surface area (Å²) in [5, 5.41) is 2.75. The van der Waals surface area contributed by atoms with Crippen molar-refractivity contribution in [3.05, 3.63) is 29.8 Å². The quantitative estimate of drug-likeness (QED) is 0.665. The van der Waals surface area contributed by atoms with E-state index in [1.807, 2.05) is 6.92 Å². The normalized spacial score (nSPS) is 12.1. The van der Waals surface area contributed by atoms with Gasteiger partial charge in [0.15, 0.2) is 0 Å². The first kappa shape index (κ1) is 20.7. The Bertz CT molecular complexity index is 576. The van der Waals surface area contributed by atoms with E-state index < -0.39 is 10.0 Å². The molecule has 0 spiro atoms. The standard InChI is InChI=1S/C14H23N3O3S.ClH/c1-3-9-21(19,20)17-13-6-4-5-12(10-13)14(18)16-8-7-11(2)15;/h4-6,10-11,17H,3,7-9,15H2,1-2H3,(H,16,18);1H. The minimum absolute atomic E-state index is 0. The molecule has 22 heavy (non-hydrogen) atoms. The highest BCUT2D eigenvalue weighted by Crippen LogP contribution is 2.13. The molecule has 1 amide bonds. The molecular formula is C14H24ClN3O3S. The zero-order valence-corrected chi connectivity index (χ0v) is 14.5. The third-order valence-electron chi connectivity index (χ3n) is 2.76. The van der Waals surface area contributed by atoms with Crippen LogP contribution in [0.15, 0.2) is 24.3 Å². The van der Waals surface area contributed by atoms with Crippen LogP contribution in [0.4, 0.5) is 5.69 Å². The van der Waals surface area contributed by atoms with Crippen molar-refractivity contribution in [2.24, 2.45) is 5.73 Å². The Morgan fingerprint density at radius 1 is 1.36 bits per heavy atom. The number of hydrogen-bond donors (Lipinski definition) is 3. The lowest BCUT2D eigenvalue weighted by atomic mass is 10.2. The summed E-state index contributed by atoms with van der Waals surface area (Å²) in [5.74, 6) is -0.190. The number of halogens is 1. The summed E-state index contributed by atoms with van der Waals surface area (Å²) in [5.41, 5.74) is 6.42. The minimum atomic E-state index is -3.35. The van der Waals surface area contributed by atoms with Crippen molar-refractivity contribution in [3.8, 4) is 0 Å². The van der Waals surface area contributed by atoms with Crippen molar-refractivity contribution in [2.45, 2.75) is 32.7 Å². The van der Waals surface area contributed by atoms with Gasteiger partial charge in [-0.1, -0.05) is 13.0 Å². The lowest BCUT2D eigenvalue weighted by Crippen LogP contribution is -2.29. The van der Waals surface area contributed by atoms with Crippen LogP contribution >= 0.6 is 12.4 Å². The summed E-state index contributed by atoms with van der Waals surface area (Å²) in [6.45, 7) is 4.15. The van der Waals surface area contributed by atoms with E-state index in [4.69, 9.17) is 5.73 Å². The minimum Gasteiger partial charge on any atom is -0.352 e. The maximum atomic E-state index is 11.9. The highest BCUT2D eigenvalue weighted by Gasteiger charge is 2.11. The Kier molecular flexibility index (Phi) is 9.08. The number of hydrogen-bond acceptors (Lipinski definition) is 4. The average molecular weight is 350 g/mol. The van der Waals surface area contributed by atoms with Crippen molar-refractivity contribution in [3.63, 3.8) is 0 Å². The molecule has 0 aliphatic rings. The number of carbonyl (C=O) groups excluding carboxylic acids is 1. The third-order valence-corrected chi connectivity index (χ3v) is 4.25. The Morgan fingerprint density at radius 2 is 2.05 bits per heavy atom. The molecular weight excluding hydrogens is 326 g/mol. The molecule has 1 rings (SSSR count). The van der Waals surface area contributed by atoms with Crippen LogP contribution in [0.1, 0.15) is 37.0 Å². The van der Waals surface area contributed by atoms with Gasteiger partial charge in [-0.05, 0) is 38.0 Å². The van der Waals surface area contributed by atoms with Gasteiger partial charge in [0.25, 0.3) is 5.91 Å². The number of nitrogens with one attached hydrogen (secondary N) is 2. The molecule has 4 N–H and O–H groups in total. The zero-order chi connectivity index (χ0) is 15.9. The second-order valence-electron chi connectivity index (χ2n) is 5.02. The molecule has 0 aliphatic heterocycles. The number of amides is 1. The fourth-order valence-electron chi connectivity index (χ4n) is 1.74. The van der Waals surface area contributed by atoms with Gasteiger partial charge in [0.1, 0.15) is 0 Å². The molecule has 0 radical (unpaired) electrons. The van der Waals surface area contributed by atoms with E-state index in [1.165, 1.54) is 6.07 Å². The third kappa shape index (κ3) is 7.63. The second-order valence-corrected chi connectivity index (χ2v) is 6.87. The maximum Gasteiger partial charge on any atom is 0.251 e. The summed E-state index contributed by atoms with van der Waals surface area (Å²) >= 11 is 0. The molecule has 1 aromatic carbocycles. The monoisotopic (exact) mass is 349 g/mol. The molecule has 0 fully saturated rings. The van der Waals surface area contributed by atoms with Crippen molar-refractivity contribution >= 4 is 34.0 Å². The molecule has 0 saturated carbocycles. The van der Waals surface area contributed by atoms with Gasteiger partial charge in [0, 0.05) is 23.8 Å². The Labute approximate surface area is 138 Å². The van der Waals surface area contributed by atoms with Crippen LogP contribution in [0.25, 0.3) is 0 Å². The van der Waals surface area contributed by atoms with Gasteiger partial charge in [-0.15, -0.1) is 12.4 Å². The predicted octanol–water partition coefficient (Wildman–Crippen LogP) is 1.73. The van der Waals surface area contributed by atoms with Crippen LogP contribution in [0, 0.1) is 0 Å². The van der Waals surface area contributed by atoms with Crippen molar-refractivity contribution < 1.29 is 13.2 Å². The smallest absolute Gasteiger partial charge is 0.251 e. The highest BCUT2D eigenvalue weighted by molar-refractivity contribution is 7.92. The van der Waals surface area contributed by atoms with Gasteiger partial charge in [0.2, 0.25) is 10.0 Å². The van der Waals surface area contributed by atoms with Crippen LogP contribution in [-0.4, -0.2) is 32.7 Å². The molecule has 0 heterocycles. The van der Waals surface area contributed by atoms with Crippen molar-refractivity contribution in [1.82, 2.24) is 5.32 Å². The van der Waals surface area contributed by atoms with E-state index in [9.17, 15) is 13.2 Å². The van der Waals surface area contributed by atoms with Crippen LogP contribution in [-0.2, 0) is 10.0 Å². The highest BCUT2D eigenvalue weighted by atomic mass is 35.5. The van der Waals surface area contributed by atoms with Crippen LogP contribution in [0.3, 0.4) is 0 Å². The molecule has 0 aliphatic carbocycles. The number of benzene rings is 1. The first-order valence-corrected chi connectivity index (χ1v) is 8.63. The molecule has 0 bridgehead atoms. The number of anilines is 1. The first-order chi connectivity index (χ1) is 9.84. The van der Waals surface area contributed by atoms with Crippen LogP contribution in [0.5, 0.6) is 0 Å². The SMILES string of the molecule is CCCS(=O)(=O)Nc1cccc(C(=O)NCCC(C)N)c1.Cl. The van der Waals surface area contributed by atoms with E-state index >= 15 is 0 Å². The van der Waals surface area contributed by atoms with Crippen LogP contribution < -0.4 is 15.8 Å². The van der Waals surface area contributed by atoms with Gasteiger partial charge in [-0.3, -0.25) is 9.52 Å². The number of sulfonamides is 1. The summed E-state index contributed by atoms with van der Waals surface area (Å²) in [4.78, 5) is 11.9. The Hall–Kier alpha value is -1.31. The number of rotatable bonds is 8. The zero-order valence-electron chi connectivity index (χ0n) is 12.8. The van der Waals surface area contributed by atoms with Crippen molar-refractivity contribution in [2.75, 3.05) is 17.0 Å². The second kappa shape index (κ2) is 9.66. The molecule has 0 saturated heterocycles. The summed E-state index contributed by atoms with van der Waals surface area (Å²) in [7, 11) is -3.35. The molecule has 6 nitrogen and oxygen atoms in total. The van der Waals surface area contributed by atoms with Crippen molar-refractivity contribution in [1.29, 1.82) is 0 Å². The fraction of sp³-hybridized carbons (Fsp3) is 0.500. The first-order valence-electron chi connectivity index (χ1n) is 6.98. The molecule has 8 heteroatoms. The summed E-state index contributed by atoms with van der Waals surface area (Å²) in [6.07, 6.45) is 1.22. The lowest BCUT2D eigenvalue weighted by Gasteiger charge is -2.10. The molecule has 126 valence electrons. The van der Waals surface area contributed by atoms with E-state index in [-0.39, 0.29) is 30.1 Å². The van der Waals surface area contributed by atoms with Crippen LogP contribution in [0.2, 0.25) is 0 Å². The number of carbonyl (C=O) groups is 1. The van der Waals surface area contributed by atoms with Gasteiger partial charge in [-0.2, -0.15) is 0 Å². The van der Waals surface area contributed by atoms with Gasteiger partial charge < -0.3 is 11.1 Å². The van der Waals surface area contributed by atoms with Gasteiger partial charge in [-0.25, -0.2) is 8.42 Å². The summed E-state index contributed by atoms with van der Waals surface area (Å²) < 4.78 is 25.9. The lowest BCUT2D eigenvalue weighted by molar-refractivity contribution is 0.0953. The van der Waals surface area contributed by atoms with E-state index in [1.54, 1.807) is 25.1 Å².